The topological polar surface area (TPSA) is 48.1 Å². The van der Waals surface area contributed by atoms with E-state index in [1.54, 1.807) is 13.3 Å². The van der Waals surface area contributed by atoms with Gasteiger partial charge in [0.25, 0.3) is 0 Å². The molecule has 1 aliphatic carbocycles. The zero-order chi connectivity index (χ0) is 11.2. The maximum atomic E-state index is 6.26. The van der Waals surface area contributed by atoms with E-state index in [1.165, 1.54) is 5.56 Å². The number of nitrogens with two attached hydrogens (primary N) is 1. The van der Waals surface area contributed by atoms with Crippen LogP contribution in [0.5, 0.6) is 5.75 Å². The van der Waals surface area contributed by atoms with Gasteiger partial charge < -0.3 is 10.5 Å². The van der Waals surface area contributed by atoms with Crippen molar-refractivity contribution in [2.45, 2.75) is 18.4 Å². The molecule has 2 aromatic rings. The second-order valence-corrected chi connectivity index (χ2v) is 4.37. The van der Waals surface area contributed by atoms with Crippen molar-refractivity contribution in [3.8, 4) is 5.75 Å². The number of methoxy groups -OCH3 is 1. The lowest BCUT2D eigenvalue weighted by Crippen LogP contribution is -2.19. The van der Waals surface area contributed by atoms with E-state index in [-0.39, 0.29) is 5.54 Å². The Bertz CT molecular complexity index is 547. The summed E-state index contributed by atoms with van der Waals surface area (Å²) in [6.07, 6.45) is 3.90. The molecule has 0 saturated heterocycles. The van der Waals surface area contributed by atoms with Crippen molar-refractivity contribution in [3.05, 3.63) is 36.0 Å². The fraction of sp³-hybridized carbons (Fsp3) is 0.308. The first-order valence-electron chi connectivity index (χ1n) is 5.46. The van der Waals surface area contributed by atoms with Crippen LogP contribution >= 0.6 is 0 Å². The average Bonchev–Trinajstić information content (AvgIpc) is 3.07. The standard InChI is InChI=1S/C13H14N2O/c1-16-11-5-4-10(13(14)6-7-13)9-3-2-8-15-12(9)11/h2-5,8H,6-7,14H2,1H3. The highest BCUT2D eigenvalue weighted by Gasteiger charge is 2.41. The Morgan fingerprint density at radius 1 is 1.31 bits per heavy atom. The molecular formula is C13H14N2O. The summed E-state index contributed by atoms with van der Waals surface area (Å²) in [4.78, 5) is 4.37. The van der Waals surface area contributed by atoms with E-state index in [1.807, 2.05) is 12.1 Å². The molecule has 82 valence electrons. The van der Waals surface area contributed by atoms with E-state index in [0.717, 1.165) is 29.5 Å². The van der Waals surface area contributed by atoms with Crippen LogP contribution in [-0.4, -0.2) is 12.1 Å². The van der Waals surface area contributed by atoms with Gasteiger partial charge in [0.2, 0.25) is 0 Å². The quantitative estimate of drug-likeness (QED) is 0.833. The van der Waals surface area contributed by atoms with Crippen molar-refractivity contribution in [1.82, 2.24) is 4.98 Å². The Kier molecular flexibility index (Phi) is 1.91. The van der Waals surface area contributed by atoms with Crippen LogP contribution in [0.25, 0.3) is 10.9 Å². The molecule has 0 unspecified atom stereocenters. The summed E-state index contributed by atoms with van der Waals surface area (Å²) in [5, 5.41) is 1.11. The van der Waals surface area contributed by atoms with Crippen molar-refractivity contribution in [2.75, 3.05) is 7.11 Å². The first-order chi connectivity index (χ1) is 7.74. The molecule has 0 aliphatic heterocycles. The molecule has 16 heavy (non-hydrogen) atoms. The van der Waals surface area contributed by atoms with Crippen LogP contribution in [0.15, 0.2) is 30.5 Å². The van der Waals surface area contributed by atoms with Crippen LogP contribution in [-0.2, 0) is 5.54 Å². The number of fused-ring (bicyclic) bond motifs is 1. The van der Waals surface area contributed by atoms with Crippen molar-refractivity contribution < 1.29 is 4.74 Å². The maximum Gasteiger partial charge on any atom is 0.145 e. The largest absolute Gasteiger partial charge is 0.494 e. The SMILES string of the molecule is COc1ccc(C2(N)CC2)c2cccnc12. The van der Waals surface area contributed by atoms with Gasteiger partial charge in [0.15, 0.2) is 0 Å². The van der Waals surface area contributed by atoms with Crippen molar-refractivity contribution in [3.63, 3.8) is 0 Å². The maximum absolute atomic E-state index is 6.26. The Labute approximate surface area is 94.2 Å². The zero-order valence-corrected chi connectivity index (χ0v) is 9.23. The minimum Gasteiger partial charge on any atom is -0.494 e. The fourth-order valence-corrected chi connectivity index (χ4v) is 2.15. The monoisotopic (exact) mass is 214 g/mol. The first-order valence-corrected chi connectivity index (χ1v) is 5.46. The van der Waals surface area contributed by atoms with Gasteiger partial charge in [0.1, 0.15) is 11.3 Å². The molecule has 0 atom stereocenters. The highest BCUT2D eigenvalue weighted by atomic mass is 16.5. The highest BCUT2D eigenvalue weighted by molar-refractivity contribution is 5.88. The lowest BCUT2D eigenvalue weighted by molar-refractivity contribution is 0.418. The number of hydrogen-bond acceptors (Lipinski definition) is 3. The third kappa shape index (κ3) is 1.28. The smallest absolute Gasteiger partial charge is 0.145 e. The van der Waals surface area contributed by atoms with Crippen molar-refractivity contribution >= 4 is 10.9 Å². The van der Waals surface area contributed by atoms with Crippen LogP contribution < -0.4 is 10.5 Å². The van der Waals surface area contributed by atoms with Gasteiger partial charge in [-0.15, -0.1) is 0 Å². The molecular weight excluding hydrogens is 200 g/mol. The van der Waals surface area contributed by atoms with Gasteiger partial charge in [-0.2, -0.15) is 0 Å². The van der Waals surface area contributed by atoms with Gasteiger partial charge in [0, 0.05) is 17.1 Å². The number of aromatic nitrogens is 1. The molecule has 1 saturated carbocycles. The number of ether oxygens (including phenoxy) is 1. The lowest BCUT2D eigenvalue weighted by atomic mass is 10.00. The van der Waals surface area contributed by atoms with Crippen LogP contribution in [0.2, 0.25) is 0 Å². The molecule has 3 heteroatoms. The molecule has 3 rings (SSSR count). The predicted molar refractivity (Wildman–Crippen MR) is 63.4 cm³/mol. The Morgan fingerprint density at radius 3 is 2.81 bits per heavy atom. The van der Waals surface area contributed by atoms with Crippen molar-refractivity contribution in [1.29, 1.82) is 0 Å². The van der Waals surface area contributed by atoms with E-state index >= 15 is 0 Å². The fourth-order valence-electron chi connectivity index (χ4n) is 2.15. The molecule has 1 aromatic carbocycles. The summed E-state index contributed by atoms with van der Waals surface area (Å²) < 4.78 is 5.31. The molecule has 2 N–H and O–H groups in total. The van der Waals surface area contributed by atoms with Gasteiger partial charge in [-0.25, -0.2) is 0 Å². The summed E-state index contributed by atoms with van der Waals surface area (Å²) in [7, 11) is 1.67. The van der Waals surface area contributed by atoms with Crippen LogP contribution in [0, 0.1) is 0 Å². The lowest BCUT2D eigenvalue weighted by Gasteiger charge is -2.14. The predicted octanol–water partition coefficient (Wildman–Crippen LogP) is 2.19. The van der Waals surface area contributed by atoms with E-state index in [2.05, 4.69) is 17.1 Å². The second-order valence-electron chi connectivity index (χ2n) is 4.37. The Morgan fingerprint density at radius 2 is 2.12 bits per heavy atom. The van der Waals surface area contributed by atoms with Crippen LogP contribution in [0.1, 0.15) is 18.4 Å². The van der Waals surface area contributed by atoms with E-state index in [0.29, 0.717) is 0 Å². The Hall–Kier alpha value is -1.61. The average molecular weight is 214 g/mol. The van der Waals surface area contributed by atoms with Crippen molar-refractivity contribution in [2.24, 2.45) is 5.73 Å². The van der Waals surface area contributed by atoms with Gasteiger partial charge in [-0.3, -0.25) is 4.98 Å². The number of benzene rings is 1. The minimum absolute atomic E-state index is 0.131. The third-order valence-corrected chi connectivity index (χ3v) is 3.28. The molecule has 1 fully saturated rings. The molecule has 0 radical (unpaired) electrons. The summed E-state index contributed by atoms with van der Waals surface area (Å²) in [6, 6.07) is 8.03. The van der Waals surface area contributed by atoms with Gasteiger partial charge in [-0.1, -0.05) is 12.1 Å². The number of rotatable bonds is 2. The Balaban J connectivity index is 2.32. The number of nitrogens with zero attached hydrogens (tertiary/aromatic N) is 1. The first kappa shape index (κ1) is 9.60. The molecule has 0 amide bonds. The molecule has 1 aromatic heterocycles. The molecule has 1 aliphatic rings. The normalized spacial score (nSPS) is 17.4. The molecule has 3 nitrogen and oxygen atoms in total. The van der Waals surface area contributed by atoms with Gasteiger partial charge in [-0.05, 0) is 30.5 Å². The third-order valence-electron chi connectivity index (χ3n) is 3.28. The summed E-state index contributed by atoms with van der Waals surface area (Å²) in [5.41, 5.74) is 8.22. The minimum atomic E-state index is -0.131. The summed E-state index contributed by atoms with van der Waals surface area (Å²) in [6.45, 7) is 0. The van der Waals surface area contributed by atoms with E-state index < -0.39 is 0 Å². The van der Waals surface area contributed by atoms with Crippen LogP contribution in [0.3, 0.4) is 0 Å². The van der Waals surface area contributed by atoms with E-state index in [9.17, 15) is 0 Å². The highest BCUT2D eigenvalue weighted by Crippen LogP contribution is 2.46. The molecule has 1 heterocycles. The number of pyridine rings is 1. The van der Waals surface area contributed by atoms with Gasteiger partial charge in [0.05, 0.1) is 7.11 Å². The zero-order valence-electron chi connectivity index (χ0n) is 9.23. The van der Waals surface area contributed by atoms with Crippen LogP contribution in [0.4, 0.5) is 0 Å². The summed E-state index contributed by atoms with van der Waals surface area (Å²) in [5.74, 6) is 0.809. The molecule has 0 spiro atoms. The molecule has 0 bridgehead atoms. The van der Waals surface area contributed by atoms with E-state index in [4.69, 9.17) is 10.5 Å². The second kappa shape index (κ2) is 3.19. The van der Waals surface area contributed by atoms with Gasteiger partial charge >= 0.3 is 0 Å². The summed E-state index contributed by atoms with van der Waals surface area (Å²) >= 11 is 0. The number of hydrogen-bond donors (Lipinski definition) is 1.